The average molecular weight is 312 g/mol. The molecule has 0 atom stereocenters. The number of carbonyl (C=O) groups excluding carboxylic acids is 1. The van der Waals surface area contributed by atoms with Gasteiger partial charge in [-0.1, -0.05) is 36.4 Å². The first kappa shape index (κ1) is 16.6. The Kier molecular flexibility index (Phi) is 5.80. The van der Waals surface area contributed by atoms with Gasteiger partial charge in [0.2, 0.25) is 0 Å². The molecule has 0 amide bonds. The third kappa shape index (κ3) is 3.92. The van der Waals surface area contributed by atoms with Crippen LogP contribution in [0.25, 0.3) is 0 Å². The van der Waals surface area contributed by atoms with Crippen LogP contribution in [0.3, 0.4) is 0 Å². The molecule has 2 aromatic rings. The molecule has 0 spiro atoms. The summed E-state index contributed by atoms with van der Waals surface area (Å²) in [6.45, 7) is 3.71. The molecule has 0 unspecified atom stereocenters. The molecule has 0 saturated heterocycles. The van der Waals surface area contributed by atoms with Gasteiger partial charge >= 0.3 is 0 Å². The van der Waals surface area contributed by atoms with Crippen LogP contribution in [-0.4, -0.2) is 26.6 Å². The van der Waals surface area contributed by atoms with Gasteiger partial charge in [0, 0.05) is 11.1 Å². The summed E-state index contributed by atoms with van der Waals surface area (Å²) in [5, 5.41) is 0. The molecule has 0 aliphatic rings. The van der Waals surface area contributed by atoms with E-state index in [4.69, 9.17) is 14.2 Å². The molecule has 0 saturated carbocycles. The Labute approximate surface area is 136 Å². The van der Waals surface area contributed by atoms with E-state index >= 15 is 0 Å². The minimum absolute atomic E-state index is 0.0381. The van der Waals surface area contributed by atoms with Crippen LogP contribution in [0.4, 0.5) is 0 Å². The van der Waals surface area contributed by atoms with Gasteiger partial charge in [-0.25, -0.2) is 0 Å². The highest BCUT2D eigenvalue weighted by Gasteiger charge is 2.16. The molecule has 0 aliphatic heterocycles. The van der Waals surface area contributed by atoms with Gasteiger partial charge in [0.15, 0.2) is 23.9 Å². The second-order valence-corrected chi connectivity index (χ2v) is 4.85. The Bertz CT molecular complexity index is 677. The van der Waals surface area contributed by atoms with Gasteiger partial charge in [0.05, 0.1) is 14.2 Å². The normalized spacial score (nSPS) is 10.0. The topological polar surface area (TPSA) is 44.8 Å². The lowest BCUT2D eigenvalue weighted by Gasteiger charge is -2.16. The number of rotatable bonds is 8. The van der Waals surface area contributed by atoms with E-state index in [1.54, 1.807) is 44.6 Å². The van der Waals surface area contributed by atoms with Crippen molar-refractivity contribution in [2.45, 2.75) is 6.42 Å². The van der Waals surface area contributed by atoms with E-state index in [1.807, 2.05) is 18.2 Å². The summed E-state index contributed by atoms with van der Waals surface area (Å²) in [7, 11) is 3.15. The van der Waals surface area contributed by atoms with Crippen molar-refractivity contribution in [2.24, 2.45) is 0 Å². The maximum absolute atomic E-state index is 12.2. The highest BCUT2D eigenvalue weighted by Crippen LogP contribution is 2.37. The van der Waals surface area contributed by atoms with Crippen LogP contribution in [0.1, 0.15) is 15.9 Å². The van der Waals surface area contributed by atoms with Crippen LogP contribution in [0.2, 0.25) is 0 Å². The van der Waals surface area contributed by atoms with Gasteiger partial charge in [-0.2, -0.15) is 0 Å². The van der Waals surface area contributed by atoms with E-state index < -0.39 is 0 Å². The van der Waals surface area contributed by atoms with Crippen LogP contribution < -0.4 is 14.2 Å². The molecule has 2 rings (SSSR count). The Hall–Kier alpha value is -2.75. The smallest absolute Gasteiger partial charge is 0.200 e. The maximum Gasteiger partial charge on any atom is 0.200 e. The number of carbonyl (C=O) groups is 1. The third-order valence-electron chi connectivity index (χ3n) is 3.41. The van der Waals surface area contributed by atoms with Gasteiger partial charge in [-0.05, 0) is 18.6 Å². The number of ether oxygens (including phenoxy) is 3. The Morgan fingerprint density at radius 1 is 1.04 bits per heavy atom. The molecular formula is C19H20O4. The van der Waals surface area contributed by atoms with E-state index in [-0.39, 0.29) is 12.4 Å². The van der Waals surface area contributed by atoms with Crippen molar-refractivity contribution >= 4 is 5.78 Å². The molecule has 0 fully saturated rings. The zero-order valence-corrected chi connectivity index (χ0v) is 13.4. The van der Waals surface area contributed by atoms with Crippen molar-refractivity contribution < 1.29 is 19.0 Å². The van der Waals surface area contributed by atoms with Crippen LogP contribution in [0.5, 0.6) is 17.2 Å². The van der Waals surface area contributed by atoms with Gasteiger partial charge in [-0.3, -0.25) is 4.79 Å². The summed E-state index contributed by atoms with van der Waals surface area (Å²) >= 11 is 0. The van der Waals surface area contributed by atoms with Crippen molar-refractivity contribution in [3.8, 4) is 17.2 Å². The Morgan fingerprint density at radius 2 is 1.74 bits per heavy atom. The first-order valence-corrected chi connectivity index (χ1v) is 7.27. The fraction of sp³-hybridized carbons (Fsp3) is 0.211. The van der Waals surface area contributed by atoms with E-state index in [2.05, 4.69) is 6.58 Å². The monoisotopic (exact) mass is 312 g/mol. The summed E-state index contributed by atoms with van der Waals surface area (Å²) in [5.41, 5.74) is 1.43. The highest BCUT2D eigenvalue weighted by atomic mass is 16.5. The van der Waals surface area contributed by atoms with Gasteiger partial charge < -0.3 is 14.2 Å². The summed E-state index contributed by atoms with van der Waals surface area (Å²) in [6.07, 6.45) is 2.30. The lowest BCUT2D eigenvalue weighted by Crippen LogP contribution is -2.12. The van der Waals surface area contributed by atoms with E-state index in [9.17, 15) is 4.79 Å². The number of Topliss-reactive ketones (excluding diaryl/α,β-unsaturated/α-hetero) is 1. The molecule has 0 radical (unpaired) electrons. The van der Waals surface area contributed by atoms with Crippen LogP contribution in [-0.2, 0) is 6.42 Å². The van der Waals surface area contributed by atoms with Crippen molar-refractivity contribution in [1.29, 1.82) is 0 Å². The number of methoxy groups -OCH3 is 2. The fourth-order valence-corrected chi connectivity index (χ4v) is 2.30. The summed E-state index contributed by atoms with van der Waals surface area (Å²) < 4.78 is 16.4. The first-order chi connectivity index (χ1) is 11.2. The zero-order valence-electron chi connectivity index (χ0n) is 13.4. The van der Waals surface area contributed by atoms with Gasteiger partial charge in [0.25, 0.3) is 0 Å². The van der Waals surface area contributed by atoms with Gasteiger partial charge in [0.1, 0.15) is 5.75 Å². The first-order valence-electron chi connectivity index (χ1n) is 7.27. The Morgan fingerprint density at radius 3 is 2.35 bits per heavy atom. The molecule has 0 N–H and O–H groups in total. The molecule has 0 aromatic heterocycles. The summed E-state index contributed by atoms with van der Waals surface area (Å²) in [6, 6.07) is 12.6. The molecule has 23 heavy (non-hydrogen) atoms. The SMILES string of the molecule is C=CCc1c(OCC(=O)c2ccccc2)ccc(OC)c1OC. The highest BCUT2D eigenvalue weighted by molar-refractivity contribution is 5.97. The number of allylic oxidation sites excluding steroid dienone is 1. The van der Waals surface area contributed by atoms with Crippen molar-refractivity contribution in [3.63, 3.8) is 0 Å². The second kappa shape index (κ2) is 8.03. The standard InChI is InChI=1S/C19H20O4/c1-4-8-15-17(11-12-18(21-2)19(15)22-3)23-13-16(20)14-9-6-5-7-10-14/h4-7,9-12H,1,8,13H2,2-3H3. The number of ketones is 1. The average Bonchev–Trinajstić information content (AvgIpc) is 2.60. The largest absolute Gasteiger partial charge is 0.493 e. The molecule has 2 aromatic carbocycles. The van der Waals surface area contributed by atoms with Crippen LogP contribution in [0.15, 0.2) is 55.1 Å². The number of benzene rings is 2. The van der Waals surface area contributed by atoms with E-state index in [1.165, 1.54) is 0 Å². The van der Waals surface area contributed by atoms with E-state index in [0.717, 1.165) is 5.56 Å². The predicted octanol–water partition coefficient (Wildman–Crippen LogP) is 3.69. The maximum atomic E-state index is 12.2. The summed E-state index contributed by atoms with van der Waals surface area (Å²) in [4.78, 5) is 12.2. The van der Waals surface area contributed by atoms with Crippen molar-refractivity contribution in [1.82, 2.24) is 0 Å². The van der Waals surface area contributed by atoms with Gasteiger partial charge in [-0.15, -0.1) is 6.58 Å². The quantitative estimate of drug-likeness (QED) is 0.551. The van der Waals surface area contributed by atoms with E-state index in [0.29, 0.717) is 29.2 Å². The predicted molar refractivity (Wildman–Crippen MR) is 89.7 cm³/mol. The molecule has 120 valence electrons. The lowest BCUT2D eigenvalue weighted by atomic mass is 10.1. The minimum atomic E-state index is -0.0788. The Balaban J connectivity index is 2.22. The second-order valence-electron chi connectivity index (χ2n) is 4.85. The third-order valence-corrected chi connectivity index (χ3v) is 3.41. The number of hydrogen-bond acceptors (Lipinski definition) is 4. The van der Waals surface area contributed by atoms with Crippen LogP contribution >= 0.6 is 0 Å². The fourth-order valence-electron chi connectivity index (χ4n) is 2.30. The van der Waals surface area contributed by atoms with Crippen molar-refractivity contribution in [2.75, 3.05) is 20.8 Å². The molecule has 0 heterocycles. The molecular weight excluding hydrogens is 292 g/mol. The van der Waals surface area contributed by atoms with Crippen LogP contribution in [0, 0.1) is 0 Å². The number of hydrogen-bond donors (Lipinski definition) is 0. The molecule has 0 bridgehead atoms. The minimum Gasteiger partial charge on any atom is -0.493 e. The molecule has 0 aliphatic carbocycles. The summed E-state index contributed by atoms with van der Waals surface area (Å²) in [5.74, 6) is 1.72. The molecule has 4 nitrogen and oxygen atoms in total. The lowest BCUT2D eigenvalue weighted by molar-refractivity contribution is 0.0920. The molecule has 4 heteroatoms. The van der Waals surface area contributed by atoms with Crippen molar-refractivity contribution in [3.05, 3.63) is 66.2 Å². The zero-order chi connectivity index (χ0) is 16.7.